The van der Waals surface area contributed by atoms with E-state index in [-0.39, 0.29) is 29.7 Å². The van der Waals surface area contributed by atoms with Crippen molar-refractivity contribution in [3.05, 3.63) is 47.5 Å². The molecule has 2 atom stereocenters. The fraction of sp³-hybridized carbons (Fsp3) is 0.353. The van der Waals surface area contributed by atoms with Gasteiger partial charge in [0.05, 0.1) is 23.3 Å². The zero-order valence-electron chi connectivity index (χ0n) is 13.5. The largest absolute Gasteiger partial charge is 0.478 e. The molecular formula is C17H20O7. The molecule has 0 saturated carbocycles. The highest BCUT2D eigenvalue weighted by Crippen LogP contribution is 2.34. The number of hydrogen-bond acceptors (Lipinski definition) is 5. The van der Waals surface area contributed by atoms with Crippen LogP contribution >= 0.6 is 0 Å². The molecule has 3 N–H and O–H groups in total. The minimum absolute atomic E-state index is 0.0457. The summed E-state index contributed by atoms with van der Waals surface area (Å²) in [7, 11) is 0. The highest BCUT2D eigenvalue weighted by Gasteiger charge is 2.33. The van der Waals surface area contributed by atoms with E-state index in [2.05, 4.69) is 6.58 Å². The monoisotopic (exact) mass is 336 g/mol. The smallest absolute Gasteiger partial charge is 0.336 e. The summed E-state index contributed by atoms with van der Waals surface area (Å²) in [6.45, 7) is 6.23. The predicted octanol–water partition coefficient (Wildman–Crippen LogP) is 2.06. The van der Waals surface area contributed by atoms with Crippen molar-refractivity contribution >= 4 is 17.9 Å². The van der Waals surface area contributed by atoms with Crippen LogP contribution in [-0.4, -0.2) is 45.4 Å². The summed E-state index contributed by atoms with van der Waals surface area (Å²) in [6.07, 6.45) is 1.04. The maximum atomic E-state index is 11.5. The van der Waals surface area contributed by atoms with Crippen LogP contribution in [0.15, 0.2) is 30.9 Å². The van der Waals surface area contributed by atoms with Gasteiger partial charge in [0.25, 0.3) is 0 Å². The Hall–Kier alpha value is -2.67. The Balaban J connectivity index is 3.13. The molecule has 0 aliphatic carbocycles. The second kappa shape index (κ2) is 7.74. The number of carbonyl (C=O) groups is 3. The van der Waals surface area contributed by atoms with Crippen LogP contribution in [0.1, 0.15) is 52.5 Å². The lowest BCUT2D eigenvalue weighted by molar-refractivity contribution is -0.139. The standard InChI is InChI=1S/C17H20O7/c1-4-13(18)24-9-8-17(3,23)10(2)11-6-5-7-12(15(19)20)14(11)16(21)22/h4-7,10,23H,1,8-9H2,2-3H3,(H,19,20)(H,21,22). The lowest BCUT2D eigenvalue weighted by Crippen LogP contribution is -2.34. The van der Waals surface area contributed by atoms with Crippen LogP contribution in [0.5, 0.6) is 0 Å². The summed E-state index contributed by atoms with van der Waals surface area (Å²) in [6, 6.07) is 4.09. The van der Waals surface area contributed by atoms with Crippen LogP contribution < -0.4 is 0 Å². The van der Waals surface area contributed by atoms with Crippen molar-refractivity contribution in [1.82, 2.24) is 0 Å². The minimum Gasteiger partial charge on any atom is -0.478 e. The normalized spacial score (nSPS) is 14.3. The second-order valence-corrected chi connectivity index (χ2v) is 5.58. The Bertz CT molecular complexity index is 661. The van der Waals surface area contributed by atoms with Crippen molar-refractivity contribution in [2.45, 2.75) is 31.8 Å². The van der Waals surface area contributed by atoms with Crippen LogP contribution in [0.4, 0.5) is 0 Å². The first-order chi connectivity index (χ1) is 11.1. The van der Waals surface area contributed by atoms with Gasteiger partial charge in [-0.3, -0.25) is 0 Å². The quantitative estimate of drug-likeness (QED) is 0.490. The van der Waals surface area contributed by atoms with E-state index in [0.717, 1.165) is 6.08 Å². The number of rotatable bonds is 8. The summed E-state index contributed by atoms with van der Waals surface area (Å²) in [5.74, 6) is -4.08. The Morgan fingerprint density at radius 3 is 2.42 bits per heavy atom. The second-order valence-electron chi connectivity index (χ2n) is 5.58. The summed E-state index contributed by atoms with van der Waals surface area (Å²) >= 11 is 0. The first-order valence-electron chi connectivity index (χ1n) is 7.23. The maximum absolute atomic E-state index is 11.5. The molecule has 0 amide bonds. The van der Waals surface area contributed by atoms with E-state index in [1.54, 1.807) is 6.92 Å². The molecular weight excluding hydrogens is 316 g/mol. The topological polar surface area (TPSA) is 121 Å². The van der Waals surface area contributed by atoms with Gasteiger partial charge in [0, 0.05) is 18.4 Å². The third kappa shape index (κ3) is 4.42. The summed E-state index contributed by atoms with van der Waals surface area (Å²) in [4.78, 5) is 33.8. The van der Waals surface area contributed by atoms with Gasteiger partial charge in [-0.2, -0.15) is 0 Å². The molecule has 0 heterocycles. The molecule has 2 unspecified atom stereocenters. The summed E-state index contributed by atoms with van der Waals surface area (Å²) in [5, 5.41) is 29.1. The first kappa shape index (κ1) is 19.4. The number of esters is 1. The molecule has 0 aliphatic heterocycles. The average Bonchev–Trinajstić information content (AvgIpc) is 2.52. The highest BCUT2D eigenvalue weighted by atomic mass is 16.5. The first-order valence-corrected chi connectivity index (χ1v) is 7.23. The number of carbonyl (C=O) groups excluding carboxylic acids is 1. The molecule has 1 aromatic carbocycles. The van der Waals surface area contributed by atoms with Gasteiger partial charge in [-0.15, -0.1) is 0 Å². The number of ether oxygens (including phenoxy) is 1. The molecule has 24 heavy (non-hydrogen) atoms. The van der Waals surface area contributed by atoms with Crippen molar-refractivity contribution in [3.63, 3.8) is 0 Å². The van der Waals surface area contributed by atoms with Crippen molar-refractivity contribution in [2.75, 3.05) is 6.61 Å². The average molecular weight is 336 g/mol. The predicted molar refractivity (Wildman–Crippen MR) is 85.2 cm³/mol. The molecule has 1 rings (SSSR count). The number of benzene rings is 1. The summed E-state index contributed by atoms with van der Waals surface area (Å²) < 4.78 is 4.83. The third-order valence-electron chi connectivity index (χ3n) is 3.96. The van der Waals surface area contributed by atoms with E-state index in [9.17, 15) is 24.6 Å². The number of aromatic carboxylic acids is 2. The lowest BCUT2D eigenvalue weighted by atomic mass is 9.80. The fourth-order valence-corrected chi connectivity index (χ4v) is 2.32. The number of carboxylic acid groups (broad SMARTS) is 2. The molecule has 130 valence electrons. The number of carboxylic acids is 2. The lowest BCUT2D eigenvalue weighted by Gasteiger charge is -2.31. The van der Waals surface area contributed by atoms with Gasteiger partial charge in [-0.1, -0.05) is 25.6 Å². The number of aliphatic hydroxyl groups is 1. The Labute approximate surface area is 139 Å². The van der Waals surface area contributed by atoms with E-state index in [4.69, 9.17) is 9.84 Å². The van der Waals surface area contributed by atoms with Crippen LogP contribution in [0, 0.1) is 0 Å². The molecule has 0 bridgehead atoms. The Morgan fingerprint density at radius 2 is 1.92 bits per heavy atom. The highest BCUT2D eigenvalue weighted by molar-refractivity contribution is 6.02. The van der Waals surface area contributed by atoms with Crippen LogP contribution in [0.25, 0.3) is 0 Å². The van der Waals surface area contributed by atoms with E-state index in [0.29, 0.717) is 0 Å². The van der Waals surface area contributed by atoms with Crippen molar-refractivity contribution < 1.29 is 34.4 Å². The molecule has 1 aromatic rings. The fourth-order valence-electron chi connectivity index (χ4n) is 2.32. The SMILES string of the molecule is C=CC(=O)OCCC(C)(O)C(C)c1cccc(C(=O)O)c1C(=O)O. The zero-order chi connectivity index (χ0) is 18.5. The van der Waals surface area contributed by atoms with E-state index < -0.39 is 29.4 Å². The van der Waals surface area contributed by atoms with Gasteiger partial charge >= 0.3 is 17.9 Å². The molecule has 0 spiro atoms. The molecule has 0 fully saturated rings. The van der Waals surface area contributed by atoms with Gasteiger partial charge in [0.1, 0.15) is 0 Å². The number of hydrogen-bond donors (Lipinski definition) is 3. The third-order valence-corrected chi connectivity index (χ3v) is 3.96. The minimum atomic E-state index is -1.41. The van der Waals surface area contributed by atoms with Crippen LogP contribution in [0.3, 0.4) is 0 Å². The van der Waals surface area contributed by atoms with Crippen molar-refractivity contribution in [1.29, 1.82) is 0 Å². The van der Waals surface area contributed by atoms with E-state index >= 15 is 0 Å². The Morgan fingerprint density at radius 1 is 1.29 bits per heavy atom. The van der Waals surface area contributed by atoms with Gasteiger partial charge in [0.2, 0.25) is 0 Å². The van der Waals surface area contributed by atoms with Crippen molar-refractivity contribution in [2.24, 2.45) is 0 Å². The molecule has 0 radical (unpaired) electrons. The summed E-state index contributed by atoms with van der Waals surface area (Å²) in [5.41, 5.74) is -1.92. The molecule has 0 aromatic heterocycles. The zero-order valence-corrected chi connectivity index (χ0v) is 13.5. The van der Waals surface area contributed by atoms with Gasteiger partial charge in [-0.25, -0.2) is 14.4 Å². The van der Waals surface area contributed by atoms with Gasteiger partial charge in [0.15, 0.2) is 0 Å². The molecule has 0 saturated heterocycles. The van der Waals surface area contributed by atoms with Crippen LogP contribution in [-0.2, 0) is 9.53 Å². The maximum Gasteiger partial charge on any atom is 0.336 e. The van der Waals surface area contributed by atoms with E-state index in [1.165, 1.54) is 25.1 Å². The molecule has 7 nitrogen and oxygen atoms in total. The van der Waals surface area contributed by atoms with Crippen LogP contribution in [0.2, 0.25) is 0 Å². The molecule has 7 heteroatoms. The molecule has 0 aliphatic rings. The van der Waals surface area contributed by atoms with Gasteiger partial charge in [-0.05, 0) is 18.6 Å². The van der Waals surface area contributed by atoms with Gasteiger partial charge < -0.3 is 20.1 Å². The van der Waals surface area contributed by atoms with E-state index in [1.807, 2.05) is 0 Å². The Kier molecular flexibility index (Phi) is 6.25. The van der Waals surface area contributed by atoms with Crippen molar-refractivity contribution in [3.8, 4) is 0 Å².